The highest BCUT2D eigenvalue weighted by Gasteiger charge is 2.46. The fraction of sp³-hybridized carbons (Fsp3) is 0.440. The molecule has 0 N–H and O–H groups in total. The fourth-order valence-electron chi connectivity index (χ4n) is 4.62. The van der Waals surface area contributed by atoms with Gasteiger partial charge in [0.15, 0.2) is 0 Å². The molecule has 2 atom stereocenters. The zero-order valence-electron chi connectivity index (χ0n) is 17.9. The van der Waals surface area contributed by atoms with Crippen LogP contribution in [0.2, 0.25) is 0 Å². The van der Waals surface area contributed by atoms with Crippen molar-refractivity contribution in [3.63, 3.8) is 0 Å². The van der Waals surface area contributed by atoms with Crippen molar-refractivity contribution in [3.05, 3.63) is 71.7 Å². The second-order valence-corrected chi connectivity index (χ2v) is 8.37. The summed E-state index contributed by atoms with van der Waals surface area (Å²) in [5, 5.41) is 0. The molecular formula is C25H29NO5. The largest absolute Gasteiger partial charge is 0.493 e. The fourth-order valence-corrected chi connectivity index (χ4v) is 4.62. The molecule has 0 aromatic heterocycles. The summed E-state index contributed by atoms with van der Waals surface area (Å²) in [4.78, 5) is 27.5. The molecule has 0 spiro atoms. The quantitative estimate of drug-likeness (QED) is 0.667. The number of carbonyl (C=O) groups is 2. The Hall–Kier alpha value is -3.02. The van der Waals surface area contributed by atoms with Gasteiger partial charge < -0.3 is 19.1 Å². The minimum absolute atomic E-state index is 0.0267. The van der Waals surface area contributed by atoms with Crippen LogP contribution in [0, 0.1) is 0 Å². The van der Waals surface area contributed by atoms with Crippen LogP contribution in [0.25, 0.3) is 0 Å². The van der Waals surface area contributed by atoms with E-state index in [9.17, 15) is 9.59 Å². The van der Waals surface area contributed by atoms with E-state index in [-0.39, 0.29) is 24.4 Å². The molecule has 1 fully saturated rings. The number of allylic oxidation sites excluding steroid dienone is 3. The molecule has 4 rings (SSSR count). The van der Waals surface area contributed by atoms with E-state index in [4.69, 9.17) is 14.2 Å². The van der Waals surface area contributed by atoms with Crippen LogP contribution >= 0.6 is 0 Å². The standard InChI is InChI=1S/C25H29NO5/c1-29-23(27)21-10-5-9-20(15-21)22-11-6-12-26(17-22)24(28)25(18-30-13-14-31-25)16-19-7-3-2-4-8-19/h2-3,5,7,9-10,13-15,22H,4,6,8,11-12,16-18H2,1H3. The zero-order chi connectivity index (χ0) is 21.7. The van der Waals surface area contributed by atoms with E-state index in [1.807, 2.05) is 29.2 Å². The molecule has 0 bridgehead atoms. The molecule has 0 saturated carbocycles. The van der Waals surface area contributed by atoms with Crippen molar-refractivity contribution in [3.8, 4) is 0 Å². The number of likely N-dealkylation sites (tertiary alicyclic amines) is 1. The number of esters is 1. The number of hydrogen-bond donors (Lipinski definition) is 0. The lowest BCUT2D eigenvalue weighted by Gasteiger charge is -2.41. The maximum absolute atomic E-state index is 13.7. The third-order valence-corrected chi connectivity index (χ3v) is 6.25. The topological polar surface area (TPSA) is 65.1 Å². The van der Waals surface area contributed by atoms with Crippen molar-refractivity contribution < 1.29 is 23.8 Å². The Morgan fingerprint density at radius 2 is 2.19 bits per heavy atom. The van der Waals surface area contributed by atoms with Crippen molar-refractivity contribution in [2.75, 3.05) is 26.8 Å². The Labute approximate surface area is 183 Å². The molecule has 2 aliphatic heterocycles. The molecule has 1 amide bonds. The molecule has 1 aliphatic carbocycles. The number of amides is 1. The molecule has 2 unspecified atom stereocenters. The molecule has 6 heteroatoms. The van der Waals surface area contributed by atoms with E-state index in [1.165, 1.54) is 25.2 Å². The van der Waals surface area contributed by atoms with Gasteiger partial charge in [0.25, 0.3) is 5.91 Å². The number of hydrogen-bond acceptors (Lipinski definition) is 5. The minimum Gasteiger partial charge on any atom is -0.493 e. The van der Waals surface area contributed by atoms with Crippen LogP contribution in [0.5, 0.6) is 0 Å². The number of methoxy groups -OCH3 is 1. The van der Waals surface area contributed by atoms with Crippen LogP contribution in [0.4, 0.5) is 0 Å². The monoisotopic (exact) mass is 423 g/mol. The number of piperidine rings is 1. The normalized spacial score (nSPS) is 25.3. The predicted molar refractivity (Wildman–Crippen MR) is 116 cm³/mol. The highest BCUT2D eigenvalue weighted by Crippen LogP contribution is 2.34. The van der Waals surface area contributed by atoms with Gasteiger partial charge in [0.1, 0.15) is 19.1 Å². The first kappa shape index (κ1) is 21.2. The number of carbonyl (C=O) groups excluding carboxylic acids is 2. The Bertz CT molecular complexity index is 918. The van der Waals surface area contributed by atoms with Gasteiger partial charge in [-0.15, -0.1) is 0 Å². The number of rotatable bonds is 5. The van der Waals surface area contributed by atoms with Gasteiger partial charge >= 0.3 is 5.97 Å². The van der Waals surface area contributed by atoms with Crippen LogP contribution in [0.15, 0.2) is 60.6 Å². The van der Waals surface area contributed by atoms with E-state index >= 15 is 0 Å². The van der Waals surface area contributed by atoms with Crippen LogP contribution < -0.4 is 0 Å². The van der Waals surface area contributed by atoms with Crippen molar-refractivity contribution in [2.45, 2.75) is 43.6 Å². The molecule has 164 valence electrons. The van der Waals surface area contributed by atoms with E-state index < -0.39 is 5.60 Å². The van der Waals surface area contributed by atoms with Gasteiger partial charge in [0.05, 0.1) is 12.7 Å². The van der Waals surface area contributed by atoms with Crippen molar-refractivity contribution in [1.29, 1.82) is 0 Å². The van der Waals surface area contributed by atoms with E-state index in [0.29, 0.717) is 25.1 Å². The number of nitrogens with zero attached hydrogens (tertiary/aromatic N) is 1. The van der Waals surface area contributed by atoms with Crippen molar-refractivity contribution >= 4 is 11.9 Å². The second-order valence-electron chi connectivity index (χ2n) is 8.37. The van der Waals surface area contributed by atoms with Gasteiger partial charge in [0, 0.05) is 25.4 Å². The highest BCUT2D eigenvalue weighted by atomic mass is 16.6. The third kappa shape index (κ3) is 4.68. The van der Waals surface area contributed by atoms with Gasteiger partial charge in [0.2, 0.25) is 5.60 Å². The van der Waals surface area contributed by atoms with Crippen LogP contribution in [0.3, 0.4) is 0 Å². The summed E-state index contributed by atoms with van der Waals surface area (Å²) in [5.74, 6) is -0.212. The molecule has 1 aromatic carbocycles. The lowest BCUT2D eigenvalue weighted by molar-refractivity contribution is -0.161. The Morgan fingerprint density at radius 1 is 1.29 bits per heavy atom. The zero-order valence-corrected chi connectivity index (χ0v) is 17.9. The average Bonchev–Trinajstić information content (AvgIpc) is 2.84. The molecule has 2 heterocycles. The first-order chi connectivity index (χ1) is 15.1. The molecule has 3 aliphatic rings. The lowest BCUT2D eigenvalue weighted by Crippen LogP contribution is -2.56. The molecule has 31 heavy (non-hydrogen) atoms. The predicted octanol–water partition coefficient (Wildman–Crippen LogP) is 4.10. The minimum atomic E-state index is -1.03. The number of benzene rings is 1. The van der Waals surface area contributed by atoms with Gasteiger partial charge in [-0.3, -0.25) is 4.79 Å². The third-order valence-electron chi connectivity index (χ3n) is 6.25. The Morgan fingerprint density at radius 3 is 2.94 bits per heavy atom. The summed E-state index contributed by atoms with van der Waals surface area (Å²) in [5.41, 5.74) is 1.76. The average molecular weight is 424 g/mol. The lowest BCUT2D eigenvalue weighted by atomic mass is 9.86. The van der Waals surface area contributed by atoms with Crippen LogP contribution in [0.1, 0.15) is 53.9 Å². The molecular weight excluding hydrogens is 394 g/mol. The van der Waals surface area contributed by atoms with Crippen molar-refractivity contribution in [1.82, 2.24) is 4.90 Å². The Kier molecular flexibility index (Phi) is 6.44. The van der Waals surface area contributed by atoms with E-state index in [0.717, 1.165) is 31.2 Å². The van der Waals surface area contributed by atoms with Gasteiger partial charge in [-0.1, -0.05) is 35.9 Å². The van der Waals surface area contributed by atoms with Crippen LogP contribution in [-0.4, -0.2) is 49.2 Å². The summed E-state index contributed by atoms with van der Waals surface area (Å²) in [6.07, 6.45) is 13.6. The van der Waals surface area contributed by atoms with E-state index in [2.05, 4.69) is 12.2 Å². The molecule has 0 radical (unpaired) electrons. The Balaban J connectivity index is 1.53. The molecule has 1 saturated heterocycles. The first-order valence-electron chi connectivity index (χ1n) is 10.9. The maximum atomic E-state index is 13.7. The molecule has 6 nitrogen and oxygen atoms in total. The van der Waals surface area contributed by atoms with Crippen molar-refractivity contribution in [2.24, 2.45) is 0 Å². The summed E-state index contributed by atoms with van der Waals surface area (Å²) in [6.45, 7) is 1.50. The summed E-state index contributed by atoms with van der Waals surface area (Å²) >= 11 is 0. The van der Waals surface area contributed by atoms with Gasteiger partial charge in [-0.25, -0.2) is 4.79 Å². The first-order valence-corrected chi connectivity index (χ1v) is 10.9. The summed E-state index contributed by atoms with van der Waals surface area (Å²) in [6, 6.07) is 7.52. The van der Waals surface area contributed by atoms with E-state index in [1.54, 1.807) is 6.07 Å². The maximum Gasteiger partial charge on any atom is 0.337 e. The van der Waals surface area contributed by atoms with Gasteiger partial charge in [-0.2, -0.15) is 0 Å². The smallest absolute Gasteiger partial charge is 0.337 e. The highest BCUT2D eigenvalue weighted by molar-refractivity contribution is 5.89. The van der Waals surface area contributed by atoms with Crippen LogP contribution in [-0.2, 0) is 19.0 Å². The number of ether oxygens (including phenoxy) is 3. The molecule has 1 aromatic rings. The SMILES string of the molecule is COC(=O)c1cccc(C2CCCN(C(=O)C3(CC4=CC=CCC4)COC=CO3)C2)c1. The summed E-state index contributed by atoms with van der Waals surface area (Å²) in [7, 11) is 1.38. The summed E-state index contributed by atoms with van der Waals surface area (Å²) < 4.78 is 16.4. The second kappa shape index (κ2) is 9.41. The van der Waals surface area contributed by atoms with Gasteiger partial charge in [-0.05, 0) is 43.4 Å².